The number of nitrogens with zero attached hydrogens (tertiary/aromatic N) is 3. The first kappa shape index (κ1) is 19.3. The fraction of sp³-hybridized carbons (Fsp3) is 0.320. The van der Waals surface area contributed by atoms with E-state index < -0.39 is 0 Å². The molecule has 4 nitrogen and oxygen atoms in total. The van der Waals surface area contributed by atoms with Crippen molar-refractivity contribution in [1.29, 1.82) is 0 Å². The van der Waals surface area contributed by atoms with E-state index in [1.54, 1.807) is 0 Å². The molecule has 30 heavy (non-hydrogen) atoms. The molecule has 1 saturated carbocycles. The van der Waals surface area contributed by atoms with Crippen LogP contribution < -0.4 is 0 Å². The largest absolute Gasteiger partial charge is 0.313 e. The van der Waals surface area contributed by atoms with E-state index >= 15 is 0 Å². The molecule has 2 aliphatic rings. The Balaban J connectivity index is 1.39. The molecule has 1 fully saturated rings. The van der Waals surface area contributed by atoms with E-state index in [2.05, 4.69) is 45.4 Å². The standard InChI is InChI=1S/C25H25N3OS/c29-23(28(20-15-16-20)19-11-5-2-6-12-19)17-30-25-22-14-8-7-13-21(22)24(26-27-25)18-9-3-1-4-10-18/h1,3-4,7-11,13-14,20H,2,5-6,12,15-17H2. The average Bonchev–Trinajstić information content (AvgIpc) is 3.64. The normalized spacial score (nSPS) is 16.3. The number of amides is 1. The molecule has 1 amide bonds. The predicted octanol–water partition coefficient (Wildman–Crippen LogP) is 5.84. The van der Waals surface area contributed by atoms with Gasteiger partial charge in [0.25, 0.3) is 0 Å². The number of carbonyl (C=O) groups excluding carboxylic acids is 1. The van der Waals surface area contributed by atoms with Gasteiger partial charge in [-0.2, -0.15) is 0 Å². The molecule has 0 aliphatic heterocycles. The van der Waals surface area contributed by atoms with Gasteiger partial charge in [0.2, 0.25) is 5.91 Å². The van der Waals surface area contributed by atoms with Crippen LogP contribution in [0.4, 0.5) is 0 Å². The predicted molar refractivity (Wildman–Crippen MR) is 122 cm³/mol. The second-order valence-electron chi connectivity index (χ2n) is 7.99. The first-order valence-electron chi connectivity index (χ1n) is 10.8. The number of rotatable bonds is 6. The minimum atomic E-state index is 0.202. The SMILES string of the molecule is O=C(CSc1nnc(-c2ccccc2)c2ccccc12)N(C1=CCCCC1)C1CC1. The molecule has 3 aromatic rings. The van der Waals surface area contributed by atoms with Crippen LogP contribution in [0, 0.1) is 0 Å². The second-order valence-corrected chi connectivity index (χ2v) is 8.95. The van der Waals surface area contributed by atoms with Gasteiger partial charge >= 0.3 is 0 Å². The summed E-state index contributed by atoms with van der Waals surface area (Å²) >= 11 is 1.51. The maximum atomic E-state index is 13.1. The highest BCUT2D eigenvalue weighted by atomic mass is 32.2. The van der Waals surface area contributed by atoms with Crippen molar-refractivity contribution < 1.29 is 4.79 Å². The Bertz CT molecular complexity index is 1090. The number of carbonyl (C=O) groups is 1. The zero-order valence-corrected chi connectivity index (χ0v) is 17.8. The summed E-state index contributed by atoms with van der Waals surface area (Å²) in [6.45, 7) is 0. The van der Waals surface area contributed by atoms with Crippen LogP contribution in [0.3, 0.4) is 0 Å². The minimum Gasteiger partial charge on any atom is -0.313 e. The average molecular weight is 416 g/mol. The Hall–Kier alpha value is -2.66. The molecule has 5 rings (SSSR count). The molecule has 0 unspecified atom stereocenters. The van der Waals surface area contributed by atoms with Gasteiger partial charge in [0.15, 0.2) is 0 Å². The van der Waals surface area contributed by atoms with Gasteiger partial charge in [-0.15, -0.1) is 10.2 Å². The van der Waals surface area contributed by atoms with Crippen molar-refractivity contribution in [3.8, 4) is 11.3 Å². The van der Waals surface area contributed by atoms with Crippen LogP contribution in [-0.2, 0) is 4.79 Å². The minimum absolute atomic E-state index is 0.202. The fourth-order valence-electron chi connectivity index (χ4n) is 4.17. The number of hydrogen-bond donors (Lipinski definition) is 0. The molecule has 1 aromatic heterocycles. The fourth-order valence-corrected chi connectivity index (χ4v) is 5.00. The zero-order valence-electron chi connectivity index (χ0n) is 17.0. The van der Waals surface area contributed by atoms with Crippen LogP contribution in [0.15, 0.2) is 71.4 Å². The van der Waals surface area contributed by atoms with Gasteiger partial charge in [-0.1, -0.05) is 72.4 Å². The van der Waals surface area contributed by atoms with Crippen LogP contribution in [0.5, 0.6) is 0 Å². The van der Waals surface area contributed by atoms with Gasteiger partial charge in [0.1, 0.15) is 10.7 Å². The summed E-state index contributed by atoms with van der Waals surface area (Å²) in [5.41, 5.74) is 3.18. The highest BCUT2D eigenvalue weighted by Crippen LogP contribution is 2.36. The summed E-state index contributed by atoms with van der Waals surface area (Å²) in [7, 11) is 0. The summed E-state index contributed by atoms with van der Waals surface area (Å²) in [6.07, 6.45) is 9.07. The molecule has 2 aliphatic carbocycles. The third-order valence-corrected chi connectivity index (χ3v) is 6.76. The maximum absolute atomic E-state index is 13.1. The lowest BCUT2D eigenvalue weighted by atomic mass is 10.0. The molecular weight excluding hydrogens is 390 g/mol. The Morgan fingerprint density at radius 3 is 2.47 bits per heavy atom. The summed E-state index contributed by atoms with van der Waals surface area (Å²) in [5.74, 6) is 0.602. The number of thioether (sulfide) groups is 1. The zero-order chi connectivity index (χ0) is 20.3. The molecule has 0 atom stereocenters. The van der Waals surface area contributed by atoms with E-state index in [0.29, 0.717) is 11.8 Å². The van der Waals surface area contributed by atoms with E-state index in [-0.39, 0.29) is 5.91 Å². The lowest BCUT2D eigenvalue weighted by Gasteiger charge is -2.27. The molecule has 0 saturated heterocycles. The van der Waals surface area contributed by atoms with Gasteiger partial charge in [0, 0.05) is 28.1 Å². The van der Waals surface area contributed by atoms with Crippen molar-refractivity contribution >= 4 is 28.4 Å². The van der Waals surface area contributed by atoms with Crippen molar-refractivity contribution in [2.24, 2.45) is 0 Å². The lowest BCUT2D eigenvalue weighted by Crippen LogP contribution is -2.34. The van der Waals surface area contributed by atoms with Gasteiger partial charge in [-0.05, 0) is 38.5 Å². The summed E-state index contributed by atoms with van der Waals surface area (Å²) in [6, 6.07) is 18.8. The quantitative estimate of drug-likeness (QED) is 0.475. The lowest BCUT2D eigenvalue weighted by molar-refractivity contribution is -0.127. The first-order chi connectivity index (χ1) is 14.8. The van der Waals surface area contributed by atoms with Crippen molar-refractivity contribution in [2.75, 3.05) is 5.75 Å². The maximum Gasteiger partial charge on any atom is 0.237 e. The van der Waals surface area contributed by atoms with Gasteiger partial charge in [-0.25, -0.2) is 0 Å². The molecule has 1 heterocycles. The topological polar surface area (TPSA) is 46.1 Å². The Labute approximate surface area is 181 Å². The molecule has 0 spiro atoms. The highest BCUT2D eigenvalue weighted by molar-refractivity contribution is 8.00. The van der Waals surface area contributed by atoms with E-state index in [9.17, 15) is 4.79 Å². The van der Waals surface area contributed by atoms with Gasteiger partial charge < -0.3 is 4.90 Å². The summed E-state index contributed by atoms with van der Waals surface area (Å²) in [5, 5.41) is 12.0. The first-order valence-corrected chi connectivity index (χ1v) is 11.7. The van der Waals surface area contributed by atoms with Gasteiger partial charge in [0.05, 0.1) is 5.75 Å². The van der Waals surface area contributed by atoms with Crippen molar-refractivity contribution in [1.82, 2.24) is 15.1 Å². The van der Waals surface area contributed by atoms with Crippen LogP contribution in [-0.4, -0.2) is 32.8 Å². The van der Waals surface area contributed by atoms with E-state index in [4.69, 9.17) is 0 Å². The molecule has 2 aromatic carbocycles. The number of allylic oxidation sites excluding steroid dienone is 2. The molecule has 0 N–H and O–H groups in total. The molecule has 152 valence electrons. The summed E-state index contributed by atoms with van der Waals surface area (Å²) < 4.78 is 0. The molecule has 0 bridgehead atoms. The van der Waals surface area contributed by atoms with E-state index in [1.807, 2.05) is 30.3 Å². The van der Waals surface area contributed by atoms with Crippen LogP contribution in [0.2, 0.25) is 0 Å². The third kappa shape index (κ3) is 3.99. The molecule has 5 heteroatoms. The van der Waals surface area contributed by atoms with Crippen molar-refractivity contribution in [3.63, 3.8) is 0 Å². The van der Waals surface area contributed by atoms with Crippen LogP contribution >= 0.6 is 11.8 Å². The van der Waals surface area contributed by atoms with E-state index in [1.165, 1.54) is 30.3 Å². The number of benzene rings is 2. The Morgan fingerprint density at radius 1 is 0.967 bits per heavy atom. The third-order valence-electron chi connectivity index (χ3n) is 5.79. The second kappa shape index (κ2) is 8.60. The van der Waals surface area contributed by atoms with Crippen molar-refractivity contribution in [3.05, 3.63) is 66.4 Å². The van der Waals surface area contributed by atoms with E-state index in [0.717, 1.165) is 52.7 Å². The Morgan fingerprint density at radius 2 is 1.73 bits per heavy atom. The Kier molecular flexibility index (Phi) is 5.54. The smallest absolute Gasteiger partial charge is 0.237 e. The van der Waals surface area contributed by atoms with Crippen LogP contribution in [0.1, 0.15) is 38.5 Å². The van der Waals surface area contributed by atoms with Crippen molar-refractivity contribution in [2.45, 2.75) is 49.6 Å². The highest BCUT2D eigenvalue weighted by Gasteiger charge is 2.35. The number of fused-ring (bicyclic) bond motifs is 1. The van der Waals surface area contributed by atoms with Crippen LogP contribution in [0.25, 0.3) is 22.0 Å². The number of aromatic nitrogens is 2. The summed E-state index contributed by atoms with van der Waals surface area (Å²) in [4.78, 5) is 15.2. The monoisotopic (exact) mass is 415 g/mol. The molecular formula is C25H25N3OS. The van der Waals surface area contributed by atoms with Gasteiger partial charge in [-0.3, -0.25) is 4.79 Å². The molecule has 0 radical (unpaired) electrons. The number of hydrogen-bond acceptors (Lipinski definition) is 4.